The Balaban J connectivity index is 1.40. The molecule has 0 saturated carbocycles. The van der Waals surface area contributed by atoms with E-state index < -0.39 is 0 Å². The van der Waals surface area contributed by atoms with Crippen molar-refractivity contribution in [2.45, 2.75) is 18.9 Å². The van der Waals surface area contributed by atoms with Gasteiger partial charge in [0, 0.05) is 63.0 Å². The maximum atomic E-state index is 5.43. The molecule has 4 rings (SSSR count). The van der Waals surface area contributed by atoms with E-state index in [0.29, 0.717) is 12.0 Å². The molecule has 2 saturated heterocycles. The standard InChI is InChI=1S/C20H27BrN6O/c1-26-8-10-27(11-9-26)17-4-2-15(3-5-17)24-20-22-14-18(21)19(25-20)23-16-6-12-28-13-7-16/h2-5,14,16H,6-13H2,1H3,(H2,22,23,24,25). The zero-order valence-electron chi connectivity index (χ0n) is 16.2. The molecule has 0 radical (unpaired) electrons. The Morgan fingerprint density at radius 3 is 2.50 bits per heavy atom. The molecule has 2 aliphatic rings. The van der Waals surface area contributed by atoms with Crippen LogP contribution in [0.1, 0.15) is 12.8 Å². The highest BCUT2D eigenvalue weighted by Gasteiger charge is 2.16. The third kappa shape index (κ3) is 4.92. The molecule has 1 aromatic heterocycles. The Kier molecular flexibility index (Phi) is 6.29. The molecule has 2 aromatic rings. The Labute approximate surface area is 174 Å². The van der Waals surface area contributed by atoms with Crippen molar-refractivity contribution in [2.24, 2.45) is 0 Å². The Hall–Kier alpha value is -1.90. The summed E-state index contributed by atoms with van der Waals surface area (Å²) in [7, 11) is 2.17. The van der Waals surface area contributed by atoms with Crippen LogP contribution in [-0.4, -0.2) is 67.4 Å². The van der Waals surface area contributed by atoms with Crippen LogP contribution in [0.25, 0.3) is 0 Å². The van der Waals surface area contributed by atoms with Crippen LogP contribution < -0.4 is 15.5 Å². The molecule has 2 fully saturated rings. The fourth-order valence-electron chi connectivity index (χ4n) is 3.51. The average molecular weight is 447 g/mol. The SMILES string of the molecule is CN1CCN(c2ccc(Nc3ncc(Br)c(NC4CCOCC4)n3)cc2)CC1. The lowest BCUT2D eigenvalue weighted by Crippen LogP contribution is -2.44. The molecule has 150 valence electrons. The molecule has 0 aliphatic carbocycles. The van der Waals surface area contributed by atoms with Crippen molar-refractivity contribution in [3.05, 3.63) is 34.9 Å². The van der Waals surface area contributed by atoms with Crippen LogP contribution in [0.4, 0.5) is 23.1 Å². The minimum absolute atomic E-state index is 0.385. The summed E-state index contributed by atoms with van der Waals surface area (Å²) in [6.45, 7) is 5.95. The van der Waals surface area contributed by atoms with Gasteiger partial charge in [0.05, 0.1) is 4.47 Å². The number of hydrogen-bond acceptors (Lipinski definition) is 7. The summed E-state index contributed by atoms with van der Waals surface area (Å²) in [5.74, 6) is 1.41. The second-order valence-electron chi connectivity index (χ2n) is 7.38. The number of likely N-dealkylation sites (N-methyl/N-ethyl adjacent to an activating group) is 1. The Morgan fingerprint density at radius 2 is 1.79 bits per heavy atom. The molecular formula is C20H27BrN6O. The number of anilines is 4. The average Bonchev–Trinajstić information content (AvgIpc) is 2.73. The number of rotatable bonds is 5. The molecule has 0 spiro atoms. The topological polar surface area (TPSA) is 65.5 Å². The van der Waals surface area contributed by atoms with Gasteiger partial charge in [-0.25, -0.2) is 4.98 Å². The van der Waals surface area contributed by atoms with Gasteiger partial charge in [0.1, 0.15) is 5.82 Å². The van der Waals surface area contributed by atoms with Gasteiger partial charge in [0.2, 0.25) is 5.95 Å². The number of halogens is 1. The Morgan fingerprint density at radius 1 is 1.07 bits per heavy atom. The first-order valence-corrected chi connectivity index (χ1v) is 10.6. The summed E-state index contributed by atoms with van der Waals surface area (Å²) in [5.41, 5.74) is 2.24. The fourth-order valence-corrected chi connectivity index (χ4v) is 3.82. The monoisotopic (exact) mass is 446 g/mol. The second-order valence-corrected chi connectivity index (χ2v) is 8.24. The molecule has 0 amide bonds. The maximum absolute atomic E-state index is 5.43. The van der Waals surface area contributed by atoms with Crippen molar-refractivity contribution < 1.29 is 4.74 Å². The normalized spacial score (nSPS) is 18.9. The van der Waals surface area contributed by atoms with Crippen molar-refractivity contribution >= 4 is 39.1 Å². The molecule has 7 nitrogen and oxygen atoms in total. The summed E-state index contributed by atoms with van der Waals surface area (Å²) in [6, 6.07) is 8.88. The quantitative estimate of drug-likeness (QED) is 0.729. The number of ether oxygens (including phenoxy) is 1. The number of nitrogens with one attached hydrogen (secondary N) is 2. The minimum atomic E-state index is 0.385. The third-order valence-corrected chi connectivity index (χ3v) is 5.88. The van der Waals surface area contributed by atoms with Gasteiger partial charge in [-0.2, -0.15) is 4.98 Å². The van der Waals surface area contributed by atoms with E-state index in [0.717, 1.165) is 68.2 Å². The first-order chi connectivity index (χ1) is 13.7. The number of nitrogens with zero attached hydrogens (tertiary/aromatic N) is 4. The Bertz CT molecular complexity index is 773. The van der Waals surface area contributed by atoms with Crippen LogP contribution >= 0.6 is 15.9 Å². The van der Waals surface area contributed by atoms with Crippen molar-refractivity contribution in [3.63, 3.8) is 0 Å². The first kappa shape index (κ1) is 19.4. The van der Waals surface area contributed by atoms with Gasteiger partial charge in [-0.3, -0.25) is 0 Å². The highest BCUT2D eigenvalue weighted by atomic mass is 79.9. The molecular weight excluding hydrogens is 420 g/mol. The zero-order valence-corrected chi connectivity index (χ0v) is 17.8. The van der Waals surface area contributed by atoms with Crippen LogP contribution in [0.3, 0.4) is 0 Å². The van der Waals surface area contributed by atoms with Gasteiger partial charge in [-0.05, 0) is 60.1 Å². The number of aromatic nitrogens is 2. The lowest BCUT2D eigenvalue weighted by Gasteiger charge is -2.34. The molecule has 8 heteroatoms. The van der Waals surface area contributed by atoms with Gasteiger partial charge >= 0.3 is 0 Å². The van der Waals surface area contributed by atoms with Crippen molar-refractivity contribution in [1.29, 1.82) is 0 Å². The van der Waals surface area contributed by atoms with E-state index in [1.165, 1.54) is 5.69 Å². The molecule has 3 heterocycles. The van der Waals surface area contributed by atoms with Crippen LogP contribution in [0.5, 0.6) is 0 Å². The molecule has 0 unspecified atom stereocenters. The predicted octanol–water partition coefficient (Wildman–Crippen LogP) is 3.33. The van der Waals surface area contributed by atoms with E-state index in [-0.39, 0.29) is 0 Å². The molecule has 0 bridgehead atoms. The van der Waals surface area contributed by atoms with Gasteiger partial charge in [0.25, 0.3) is 0 Å². The number of piperazine rings is 1. The van der Waals surface area contributed by atoms with Crippen LogP contribution in [0.15, 0.2) is 34.9 Å². The van der Waals surface area contributed by atoms with Crippen LogP contribution in [0.2, 0.25) is 0 Å². The summed E-state index contributed by atoms with van der Waals surface area (Å²) in [4.78, 5) is 13.8. The largest absolute Gasteiger partial charge is 0.381 e. The second kappa shape index (κ2) is 9.07. The number of benzene rings is 1. The predicted molar refractivity (Wildman–Crippen MR) is 117 cm³/mol. The summed E-state index contributed by atoms with van der Waals surface area (Å²) < 4.78 is 6.30. The van der Waals surface area contributed by atoms with E-state index in [2.05, 4.69) is 77.6 Å². The van der Waals surface area contributed by atoms with E-state index >= 15 is 0 Å². The summed E-state index contributed by atoms with van der Waals surface area (Å²) >= 11 is 3.55. The highest BCUT2D eigenvalue weighted by Crippen LogP contribution is 2.25. The van der Waals surface area contributed by atoms with Crippen LogP contribution in [-0.2, 0) is 4.74 Å². The smallest absolute Gasteiger partial charge is 0.229 e. The van der Waals surface area contributed by atoms with Crippen molar-refractivity contribution in [1.82, 2.24) is 14.9 Å². The van der Waals surface area contributed by atoms with E-state index in [9.17, 15) is 0 Å². The molecule has 2 aliphatic heterocycles. The van der Waals surface area contributed by atoms with Crippen molar-refractivity contribution in [2.75, 3.05) is 62.0 Å². The number of hydrogen-bond donors (Lipinski definition) is 2. The van der Waals surface area contributed by atoms with E-state index in [4.69, 9.17) is 4.74 Å². The fraction of sp³-hybridized carbons (Fsp3) is 0.500. The third-order valence-electron chi connectivity index (χ3n) is 5.30. The molecule has 1 aromatic carbocycles. The van der Waals surface area contributed by atoms with Gasteiger partial charge < -0.3 is 25.2 Å². The molecule has 28 heavy (non-hydrogen) atoms. The lowest BCUT2D eigenvalue weighted by molar-refractivity contribution is 0.0904. The lowest BCUT2D eigenvalue weighted by atomic mass is 10.1. The first-order valence-electron chi connectivity index (χ1n) is 9.85. The van der Waals surface area contributed by atoms with E-state index in [1.54, 1.807) is 6.20 Å². The summed E-state index contributed by atoms with van der Waals surface area (Å²) in [6.07, 6.45) is 3.77. The minimum Gasteiger partial charge on any atom is -0.381 e. The van der Waals surface area contributed by atoms with Gasteiger partial charge in [0.15, 0.2) is 0 Å². The maximum Gasteiger partial charge on any atom is 0.229 e. The molecule has 0 atom stereocenters. The highest BCUT2D eigenvalue weighted by molar-refractivity contribution is 9.10. The zero-order chi connectivity index (χ0) is 19.3. The van der Waals surface area contributed by atoms with Crippen LogP contribution in [0, 0.1) is 0 Å². The van der Waals surface area contributed by atoms with Gasteiger partial charge in [-0.1, -0.05) is 0 Å². The molecule has 2 N–H and O–H groups in total. The van der Waals surface area contributed by atoms with E-state index in [1.807, 2.05) is 0 Å². The van der Waals surface area contributed by atoms with Gasteiger partial charge in [-0.15, -0.1) is 0 Å². The summed E-state index contributed by atoms with van der Waals surface area (Å²) in [5, 5.41) is 6.81. The van der Waals surface area contributed by atoms with Crippen molar-refractivity contribution in [3.8, 4) is 0 Å².